The van der Waals surface area contributed by atoms with E-state index in [9.17, 15) is 19.7 Å². The lowest BCUT2D eigenvalue weighted by Crippen LogP contribution is -2.25. The number of nitro groups is 1. The fraction of sp³-hybridized carbons (Fsp3) is 0.0667. The number of amides is 1. The molecule has 2 aromatic carbocycles. The van der Waals surface area contributed by atoms with Crippen LogP contribution < -0.4 is 14.8 Å². The minimum absolute atomic E-state index is 0.0606. The van der Waals surface area contributed by atoms with Gasteiger partial charge in [-0.3, -0.25) is 14.9 Å². The Bertz CT molecular complexity index is 800. The molecule has 2 aromatic rings. The molecule has 1 aliphatic rings. The van der Waals surface area contributed by atoms with Gasteiger partial charge in [0.1, 0.15) is 11.5 Å². The first-order chi connectivity index (χ1) is 11.0. The van der Waals surface area contributed by atoms with Crippen LogP contribution in [0.1, 0.15) is 10.4 Å². The van der Waals surface area contributed by atoms with E-state index >= 15 is 0 Å². The number of nitrogens with zero attached hydrogens (tertiary/aromatic N) is 1. The van der Waals surface area contributed by atoms with Crippen molar-refractivity contribution in [3.63, 3.8) is 0 Å². The highest BCUT2D eigenvalue weighted by atomic mass is 16.6. The number of carbonyl (C=O) groups excluding carboxylic acids is 2. The lowest BCUT2D eigenvalue weighted by Gasteiger charge is -2.18. The van der Waals surface area contributed by atoms with Gasteiger partial charge in [0.05, 0.1) is 16.2 Å². The predicted octanol–water partition coefficient (Wildman–Crippen LogP) is 2.14. The van der Waals surface area contributed by atoms with Crippen LogP contribution in [0.4, 0.5) is 11.4 Å². The van der Waals surface area contributed by atoms with Crippen LogP contribution in [0.2, 0.25) is 0 Å². The molecule has 116 valence electrons. The zero-order valence-corrected chi connectivity index (χ0v) is 11.6. The quantitative estimate of drug-likeness (QED) is 0.402. The molecule has 0 saturated heterocycles. The summed E-state index contributed by atoms with van der Waals surface area (Å²) in [5, 5.41) is 13.2. The van der Waals surface area contributed by atoms with Crippen molar-refractivity contribution in [3.05, 3.63) is 58.1 Å². The monoisotopic (exact) mass is 314 g/mol. The summed E-state index contributed by atoms with van der Waals surface area (Å²) in [5.74, 6) is -0.253. The van der Waals surface area contributed by atoms with Crippen LogP contribution >= 0.6 is 0 Å². The van der Waals surface area contributed by atoms with Crippen LogP contribution in [0.25, 0.3) is 0 Å². The number of carbonyl (C=O) groups is 2. The number of hydrogen-bond acceptors (Lipinski definition) is 6. The van der Waals surface area contributed by atoms with E-state index in [0.29, 0.717) is 11.4 Å². The van der Waals surface area contributed by atoms with E-state index in [-0.39, 0.29) is 29.5 Å². The van der Waals surface area contributed by atoms with E-state index in [1.54, 1.807) is 6.07 Å². The SMILES string of the molecule is O=C1COc2ccc(OC(=O)c3ccc([N+](=O)[O-])cc3)cc2N1. The van der Waals surface area contributed by atoms with E-state index in [2.05, 4.69) is 5.32 Å². The molecule has 8 heteroatoms. The van der Waals surface area contributed by atoms with Crippen LogP contribution in [0.3, 0.4) is 0 Å². The first kappa shape index (κ1) is 14.5. The maximum atomic E-state index is 12.0. The third kappa shape index (κ3) is 3.10. The highest BCUT2D eigenvalue weighted by molar-refractivity contribution is 5.96. The minimum atomic E-state index is -0.664. The van der Waals surface area contributed by atoms with Gasteiger partial charge in [0.25, 0.3) is 11.6 Å². The number of rotatable bonds is 3. The van der Waals surface area contributed by atoms with Crippen molar-refractivity contribution in [1.82, 2.24) is 0 Å². The number of nitrogens with one attached hydrogen (secondary N) is 1. The topological polar surface area (TPSA) is 108 Å². The summed E-state index contributed by atoms with van der Waals surface area (Å²) in [6.07, 6.45) is 0. The average molecular weight is 314 g/mol. The van der Waals surface area contributed by atoms with Crippen LogP contribution in [0, 0.1) is 10.1 Å². The molecule has 0 saturated carbocycles. The third-order valence-electron chi connectivity index (χ3n) is 3.11. The summed E-state index contributed by atoms with van der Waals surface area (Å²) < 4.78 is 10.4. The van der Waals surface area contributed by atoms with Crippen LogP contribution in [0.15, 0.2) is 42.5 Å². The molecule has 0 atom stereocenters. The molecular formula is C15H10N2O6. The number of anilines is 1. The first-order valence-corrected chi connectivity index (χ1v) is 6.56. The van der Waals surface area contributed by atoms with E-state index in [1.165, 1.54) is 36.4 Å². The lowest BCUT2D eigenvalue weighted by molar-refractivity contribution is -0.384. The van der Waals surface area contributed by atoms with Crippen LogP contribution in [-0.4, -0.2) is 23.4 Å². The summed E-state index contributed by atoms with van der Waals surface area (Å²) in [6, 6.07) is 9.63. The summed E-state index contributed by atoms with van der Waals surface area (Å²) in [5.41, 5.74) is 0.471. The molecule has 0 aromatic heterocycles. The zero-order valence-electron chi connectivity index (χ0n) is 11.6. The Labute approximate surface area is 129 Å². The largest absolute Gasteiger partial charge is 0.482 e. The van der Waals surface area contributed by atoms with Crippen molar-refractivity contribution in [2.24, 2.45) is 0 Å². The van der Waals surface area contributed by atoms with E-state index in [4.69, 9.17) is 9.47 Å². The molecule has 0 radical (unpaired) electrons. The maximum Gasteiger partial charge on any atom is 0.343 e. The number of benzene rings is 2. The van der Waals surface area contributed by atoms with Gasteiger partial charge in [0.2, 0.25) is 0 Å². The number of non-ortho nitro benzene ring substituents is 1. The standard InChI is InChI=1S/C15H10N2O6/c18-14-8-22-13-6-5-11(7-12(13)16-14)23-15(19)9-1-3-10(4-2-9)17(20)21/h1-7H,8H2,(H,16,18). The fourth-order valence-electron chi connectivity index (χ4n) is 2.01. The van der Waals surface area contributed by atoms with E-state index < -0.39 is 10.9 Å². The Morgan fingerprint density at radius 1 is 1.22 bits per heavy atom. The third-order valence-corrected chi connectivity index (χ3v) is 3.11. The second-order valence-electron chi connectivity index (χ2n) is 4.69. The van der Waals surface area contributed by atoms with Gasteiger partial charge in [-0.05, 0) is 24.3 Å². The first-order valence-electron chi connectivity index (χ1n) is 6.56. The summed E-state index contributed by atoms with van der Waals surface area (Å²) in [4.78, 5) is 33.3. The number of nitro benzene ring substituents is 1. The van der Waals surface area contributed by atoms with Crippen molar-refractivity contribution in [2.45, 2.75) is 0 Å². The van der Waals surface area contributed by atoms with Crippen molar-refractivity contribution in [2.75, 3.05) is 11.9 Å². The molecule has 0 aliphatic carbocycles. The lowest BCUT2D eigenvalue weighted by atomic mass is 10.2. The fourth-order valence-corrected chi connectivity index (χ4v) is 2.01. The van der Waals surface area contributed by atoms with Gasteiger partial charge in [-0.1, -0.05) is 0 Å². The second kappa shape index (κ2) is 5.76. The predicted molar refractivity (Wildman–Crippen MR) is 78.6 cm³/mol. The van der Waals surface area contributed by atoms with Crippen molar-refractivity contribution in [3.8, 4) is 11.5 Å². The Balaban J connectivity index is 1.76. The normalized spacial score (nSPS) is 12.6. The summed E-state index contributed by atoms with van der Waals surface area (Å²) >= 11 is 0. The highest BCUT2D eigenvalue weighted by Gasteiger charge is 2.18. The van der Waals surface area contributed by atoms with Crippen LogP contribution in [0.5, 0.6) is 11.5 Å². The Hall–Kier alpha value is -3.42. The smallest absolute Gasteiger partial charge is 0.343 e. The molecule has 0 spiro atoms. The van der Waals surface area contributed by atoms with Crippen molar-refractivity contribution < 1.29 is 24.0 Å². The number of esters is 1. The number of ether oxygens (including phenoxy) is 2. The zero-order chi connectivity index (χ0) is 16.4. The van der Waals surface area contributed by atoms with E-state index in [0.717, 1.165) is 0 Å². The van der Waals surface area contributed by atoms with Crippen molar-refractivity contribution in [1.29, 1.82) is 0 Å². The van der Waals surface area contributed by atoms with Gasteiger partial charge in [0, 0.05) is 18.2 Å². The molecule has 0 unspecified atom stereocenters. The molecular weight excluding hydrogens is 304 g/mol. The molecule has 1 heterocycles. The Morgan fingerprint density at radius 2 is 1.96 bits per heavy atom. The van der Waals surface area contributed by atoms with Gasteiger partial charge in [-0.15, -0.1) is 0 Å². The van der Waals surface area contributed by atoms with Gasteiger partial charge < -0.3 is 14.8 Å². The van der Waals surface area contributed by atoms with Gasteiger partial charge in [0.15, 0.2) is 6.61 Å². The Kier molecular flexibility index (Phi) is 3.63. The molecule has 0 bridgehead atoms. The average Bonchev–Trinajstić information content (AvgIpc) is 2.54. The van der Waals surface area contributed by atoms with Gasteiger partial charge >= 0.3 is 5.97 Å². The molecule has 1 N–H and O–H groups in total. The maximum absolute atomic E-state index is 12.0. The number of fused-ring (bicyclic) bond motifs is 1. The summed E-state index contributed by atoms with van der Waals surface area (Å²) in [6.45, 7) is -0.0606. The second-order valence-corrected chi connectivity index (χ2v) is 4.69. The molecule has 8 nitrogen and oxygen atoms in total. The highest BCUT2D eigenvalue weighted by Crippen LogP contribution is 2.31. The molecule has 1 aliphatic heterocycles. The van der Waals surface area contributed by atoms with Gasteiger partial charge in [-0.2, -0.15) is 0 Å². The van der Waals surface area contributed by atoms with Crippen LogP contribution in [-0.2, 0) is 4.79 Å². The molecule has 1 amide bonds. The Morgan fingerprint density at radius 3 is 2.65 bits per heavy atom. The minimum Gasteiger partial charge on any atom is -0.482 e. The number of hydrogen-bond donors (Lipinski definition) is 1. The summed E-state index contributed by atoms with van der Waals surface area (Å²) in [7, 11) is 0. The van der Waals surface area contributed by atoms with E-state index in [1.807, 2.05) is 0 Å². The molecule has 3 rings (SSSR count). The molecule has 23 heavy (non-hydrogen) atoms. The van der Waals surface area contributed by atoms with Gasteiger partial charge in [-0.25, -0.2) is 4.79 Å². The van der Waals surface area contributed by atoms with Crippen molar-refractivity contribution >= 4 is 23.3 Å². The molecule has 0 fully saturated rings.